The monoisotopic (exact) mass is 627 g/mol. The van der Waals surface area contributed by atoms with Crippen molar-refractivity contribution in [2.45, 2.75) is 56.2 Å². The van der Waals surface area contributed by atoms with E-state index in [1.165, 1.54) is 50.5 Å². The van der Waals surface area contributed by atoms with Crippen molar-refractivity contribution >= 4 is 31.5 Å². The number of aryl methyl sites for hydroxylation is 1. The van der Waals surface area contributed by atoms with Gasteiger partial charge in [0.05, 0.1) is 20.0 Å². The fourth-order valence-corrected chi connectivity index (χ4v) is 12.6. The predicted octanol–water partition coefficient (Wildman–Crippen LogP) is 10.2. The van der Waals surface area contributed by atoms with Gasteiger partial charge in [0.2, 0.25) is 0 Å². The summed E-state index contributed by atoms with van der Waals surface area (Å²) in [6, 6.07) is 26.6. The number of para-hydroxylation sites is 2. The van der Waals surface area contributed by atoms with Crippen LogP contribution in [0.25, 0.3) is 22.7 Å². The standard InChI is InChI=1S/C43H39N2OSi/c1-47-39-26-25-32-31-17-9-11-22-38(31)46-43(32)42(39)34-24-23-30(27-40(34)47)44(28-13-4-2-5-14-28)36-20-12-21-37-41(36)33-18-8-10-19-35(33)45(37)29-15-6-3-7-16-29/h2-4,6-7,9-13,15-17,19-24,26-27,32,34,40,42-43H,5,8,14,18,25H2,1H3. The lowest BCUT2D eigenvalue weighted by molar-refractivity contribution is 0.131. The van der Waals surface area contributed by atoms with Crippen LogP contribution in [0.5, 0.6) is 5.75 Å². The molecular weight excluding hydrogens is 589 g/mol. The van der Waals surface area contributed by atoms with E-state index in [4.69, 9.17) is 4.74 Å². The molecule has 3 aromatic carbocycles. The van der Waals surface area contributed by atoms with E-state index >= 15 is 0 Å². The van der Waals surface area contributed by atoms with E-state index in [2.05, 4.69) is 143 Å². The van der Waals surface area contributed by atoms with Crippen molar-refractivity contribution in [1.29, 1.82) is 0 Å². The molecule has 1 aromatic heterocycles. The van der Waals surface area contributed by atoms with Crippen molar-refractivity contribution in [1.82, 2.24) is 4.57 Å². The summed E-state index contributed by atoms with van der Waals surface area (Å²) in [5, 5.41) is 3.11. The van der Waals surface area contributed by atoms with Crippen molar-refractivity contribution in [3.8, 4) is 11.4 Å². The van der Waals surface area contributed by atoms with Gasteiger partial charge >= 0.3 is 0 Å². The summed E-state index contributed by atoms with van der Waals surface area (Å²) in [6.07, 6.45) is 27.6. The number of rotatable bonds is 4. The molecule has 4 heteroatoms. The second kappa shape index (κ2) is 10.7. The third-order valence-electron chi connectivity index (χ3n) is 11.6. The first-order valence-electron chi connectivity index (χ1n) is 17.5. The predicted molar refractivity (Wildman–Crippen MR) is 195 cm³/mol. The summed E-state index contributed by atoms with van der Waals surface area (Å²) in [5.41, 5.74) is 11.3. The van der Waals surface area contributed by atoms with Crippen LogP contribution in [0.1, 0.15) is 48.4 Å². The maximum atomic E-state index is 6.79. The van der Waals surface area contributed by atoms with Gasteiger partial charge in [-0.25, -0.2) is 0 Å². The average Bonchev–Trinajstić information content (AvgIpc) is 3.77. The third kappa shape index (κ3) is 4.10. The van der Waals surface area contributed by atoms with Gasteiger partial charge in [0, 0.05) is 45.6 Å². The fraction of sp³-hybridized carbons (Fsp3) is 0.256. The summed E-state index contributed by atoms with van der Waals surface area (Å²) in [6.45, 7) is 2.57. The zero-order chi connectivity index (χ0) is 31.1. The summed E-state index contributed by atoms with van der Waals surface area (Å²) < 4.78 is 9.27. The average molecular weight is 628 g/mol. The maximum absolute atomic E-state index is 6.79. The molecule has 1 saturated heterocycles. The Morgan fingerprint density at radius 2 is 1.77 bits per heavy atom. The first-order chi connectivity index (χ1) is 23.3. The van der Waals surface area contributed by atoms with Crippen LogP contribution in [-0.4, -0.2) is 19.5 Å². The molecule has 47 heavy (non-hydrogen) atoms. The summed E-state index contributed by atoms with van der Waals surface area (Å²) in [5.74, 6) is 2.57. The number of hydrogen-bond acceptors (Lipinski definition) is 2. The largest absolute Gasteiger partial charge is 0.489 e. The molecule has 4 aliphatic carbocycles. The van der Waals surface area contributed by atoms with Crippen LogP contribution in [0, 0.1) is 11.8 Å². The Bertz CT molecular complexity index is 2110. The summed E-state index contributed by atoms with van der Waals surface area (Å²) in [4.78, 5) is 2.63. The first kappa shape index (κ1) is 27.6. The highest BCUT2D eigenvalue weighted by Gasteiger charge is 2.54. The van der Waals surface area contributed by atoms with Crippen molar-refractivity contribution in [2.75, 3.05) is 4.90 Å². The molecule has 0 spiro atoms. The first-order valence-corrected chi connectivity index (χ1v) is 19.6. The van der Waals surface area contributed by atoms with Crippen LogP contribution in [0.4, 0.5) is 5.69 Å². The molecule has 3 heterocycles. The number of nitrogens with zero attached hydrogens (tertiary/aromatic N) is 2. The highest BCUT2D eigenvalue weighted by molar-refractivity contribution is 6.69. The van der Waals surface area contributed by atoms with Gasteiger partial charge in [0.15, 0.2) is 0 Å². The number of hydrogen-bond donors (Lipinski definition) is 0. The minimum atomic E-state index is -0.763. The molecule has 0 bridgehead atoms. The van der Waals surface area contributed by atoms with E-state index in [1.54, 1.807) is 5.20 Å². The number of anilines is 1. The van der Waals surface area contributed by atoms with Gasteiger partial charge < -0.3 is 14.2 Å². The molecule has 4 aromatic rings. The minimum absolute atomic E-state index is 0.260. The molecule has 0 amide bonds. The normalized spacial score (nSPS) is 26.8. The second-order valence-corrected chi connectivity index (χ2v) is 16.6. The lowest BCUT2D eigenvalue weighted by Gasteiger charge is -2.36. The zero-order valence-corrected chi connectivity index (χ0v) is 27.8. The zero-order valence-electron chi connectivity index (χ0n) is 26.8. The van der Waals surface area contributed by atoms with Gasteiger partial charge in [-0.05, 0) is 97.7 Å². The van der Waals surface area contributed by atoms with Crippen LogP contribution in [0.2, 0.25) is 12.1 Å². The molecule has 10 rings (SSSR count). The van der Waals surface area contributed by atoms with Crippen molar-refractivity contribution in [3.63, 3.8) is 0 Å². The molecule has 5 atom stereocenters. The lowest BCUT2D eigenvalue weighted by atomic mass is 9.73. The number of aromatic nitrogens is 1. The van der Waals surface area contributed by atoms with Crippen LogP contribution in [-0.2, 0) is 6.42 Å². The van der Waals surface area contributed by atoms with E-state index in [0.29, 0.717) is 23.3 Å². The van der Waals surface area contributed by atoms with Gasteiger partial charge in [0.1, 0.15) is 11.9 Å². The smallest absolute Gasteiger partial charge is 0.123 e. The minimum Gasteiger partial charge on any atom is -0.489 e. The lowest BCUT2D eigenvalue weighted by Crippen LogP contribution is -2.35. The Balaban J connectivity index is 1.10. The Kier molecular flexibility index (Phi) is 6.30. The molecule has 1 radical (unpaired) electrons. The van der Waals surface area contributed by atoms with Crippen molar-refractivity contribution in [2.24, 2.45) is 11.8 Å². The molecule has 1 fully saturated rings. The van der Waals surface area contributed by atoms with Gasteiger partial charge in [-0.15, -0.1) is 0 Å². The van der Waals surface area contributed by atoms with Crippen LogP contribution >= 0.6 is 0 Å². The van der Waals surface area contributed by atoms with Crippen LogP contribution in [0.3, 0.4) is 0 Å². The summed E-state index contributed by atoms with van der Waals surface area (Å²) in [7, 11) is -0.763. The molecular formula is C43H39N2OSi. The molecule has 0 saturated carbocycles. The van der Waals surface area contributed by atoms with Gasteiger partial charge in [-0.3, -0.25) is 0 Å². The quantitative estimate of drug-likeness (QED) is 0.210. The van der Waals surface area contributed by atoms with Gasteiger partial charge in [-0.1, -0.05) is 90.7 Å². The maximum Gasteiger partial charge on any atom is 0.123 e. The number of allylic oxidation sites excluding steroid dienone is 9. The molecule has 5 unspecified atom stereocenters. The number of fused-ring (bicyclic) bond motifs is 10. The summed E-state index contributed by atoms with van der Waals surface area (Å²) >= 11 is 0. The highest BCUT2D eigenvalue weighted by Crippen LogP contribution is 2.58. The molecule has 6 aliphatic rings. The number of benzene rings is 3. The van der Waals surface area contributed by atoms with E-state index in [1.807, 2.05) is 0 Å². The SMILES string of the molecule is C[Si]1C2=CCC3c4ccccc4OC3C2C2C=CC(N(C3=CC=CCC3)c3cccc4c3c3c(n4-c4ccccc4)C=CCC3)=CC21. The van der Waals surface area contributed by atoms with E-state index in [0.717, 1.165) is 37.9 Å². The van der Waals surface area contributed by atoms with E-state index < -0.39 is 8.80 Å². The second-order valence-electron chi connectivity index (χ2n) is 14.0. The van der Waals surface area contributed by atoms with Crippen molar-refractivity contribution in [3.05, 3.63) is 155 Å². The topological polar surface area (TPSA) is 17.4 Å². The highest BCUT2D eigenvalue weighted by atomic mass is 28.3. The van der Waals surface area contributed by atoms with Crippen LogP contribution in [0.15, 0.2) is 138 Å². The van der Waals surface area contributed by atoms with Crippen molar-refractivity contribution < 1.29 is 4.74 Å². The van der Waals surface area contributed by atoms with Gasteiger partial charge in [-0.2, -0.15) is 0 Å². The van der Waals surface area contributed by atoms with Crippen LogP contribution < -0.4 is 9.64 Å². The van der Waals surface area contributed by atoms with E-state index in [-0.39, 0.29) is 6.10 Å². The molecule has 3 nitrogen and oxygen atoms in total. The Labute approximate surface area is 279 Å². The Hall–Kier alpha value is -4.54. The fourth-order valence-electron chi connectivity index (χ4n) is 9.62. The van der Waals surface area contributed by atoms with E-state index in [9.17, 15) is 0 Å². The molecule has 2 aliphatic heterocycles. The Morgan fingerprint density at radius 3 is 2.66 bits per heavy atom. The van der Waals surface area contributed by atoms with Gasteiger partial charge in [0.25, 0.3) is 0 Å². The Morgan fingerprint density at radius 1 is 0.894 bits per heavy atom. The molecule has 0 N–H and O–H groups in total. The number of ether oxygens (including phenoxy) is 1. The molecule has 231 valence electrons. The third-order valence-corrected chi connectivity index (χ3v) is 14.6.